The summed E-state index contributed by atoms with van der Waals surface area (Å²) in [6.07, 6.45) is 0. The third-order valence-electron chi connectivity index (χ3n) is 4.15. The maximum Gasteiger partial charge on any atom is 0.338 e. The highest BCUT2D eigenvalue weighted by Crippen LogP contribution is 2.29. The molecule has 2 aromatic carbocycles. The number of esters is 1. The summed E-state index contributed by atoms with van der Waals surface area (Å²) in [6.45, 7) is 3.46. The number of carbonyl (C=O) groups excluding carboxylic acids is 2. The Kier molecular flexibility index (Phi) is 7.13. The molecule has 1 N–H and O–H groups in total. The van der Waals surface area contributed by atoms with E-state index in [1.807, 2.05) is 0 Å². The maximum atomic E-state index is 12.7. The van der Waals surface area contributed by atoms with Gasteiger partial charge < -0.3 is 19.5 Å². The molecule has 0 bridgehead atoms. The average molecular weight is 402 g/mol. The lowest BCUT2D eigenvalue weighted by molar-refractivity contribution is -0.384. The molecular formula is C20H22N2O7. The first kappa shape index (κ1) is 21.7. The molecule has 2 aromatic rings. The number of non-ortho nitro benzene ring substituents is 1. The lowest BCUT2D eigenvalue weighted by Crippen LogP contribution is -2.27. The van der Waals surface area contributed by atoms with Crippen molar-refractivity contribution in [1.82, 2.24) is 5.32 Å². The zero-order chi connectivity index (χ0) is 21.6. The molecule has 29 heavy (non-hydrogen) atoms. The normalized spacial score (nSPS) is 11.3. The monoisotopic (exact) mass is 402 g/mol. The number of hydrogen-bond donors (Lipinski definition) is 1. The van der Waals surface area contributed by atoms with E-state index >= 15 is 0 Å². The Hall–Kier alpha value is -3.62. The van der Waals surface area contributed by atoms with Gasteiger partial charge in [-0.2, -0.15) is 0 Å². The fraction of sp³-hybridized carbons (Fsp3) is 0.300. The average Bonchev–Trinajstić information content (AvgIpc) is 2.72. The van der Waals surface area contributed by atoms with Crippen molar-refractivity contribution in [3.63, 3.8) is 0 Å². The van der Waals surface area contributed by atoms with E-state index in [4.69, 9.17) is 14.2 Å². The van der Waals surface area contributed by atoms with Crippen LogP contribution in [0.1, 0.15) is 46.2 Å². The molecule has 154 valence electrons. The van der Waals surface area contributed by atoms with Crippen molar-refractivity contribution < 1.29 is 28.7 Å². The van der Waals surface area contributed by atoms with Crippen LogP contribution in [-0.4, -0.2) is 37.6 Å². The van der Waals surface area contributed by atoms with E-state index in [-0.39, 0.29) is 23.4 Å². The number of nitro benzene ring substituents is 1. The Labute approximate surface area is 167 Å². The second-order valence-corrected chi connectivity index (χ2v) is 6.05. The molecular weight excluding hydrogens is 380 g/mol. The second kappa shape index (κ2) is 9.54. The van der Waals surface area contributed by atoms with E-state index in [2.05, 4.69) is 5.32 Å². The Morgan fingerprint density at radius 1 is 1.10 bits per heavy atom. The molecule has 9 heteroatoms. The summed E-state index contributed by atoms with van der Waals surface area (Å²) in [7, 11) is 3.03. The number of nitrogens with one attached hydrogen (secondary N) is 1. The van der Waals surface area contributed by atoms with Gasteiger partial charge in [0.05, 0.1) is 37.4 Å². The van der Waals surface area contributed by atoms with Crippen LogP contribution in [0, 0.1) is 10.1 Å². The van der Waals surface area contributed by atoms with Gasteiger partial charge in [-0.1, -0.05) is 0 Å². The summed E-state index contributed by atoms with van der Waals surface area (Å²) >= 11 is 0. The van der Waals surface area contributed by atoms with E-state index in [0.717, 1.165) is 12.1 Å². The molecule has 0 aromatic heterocycles. The molecule has 0 radical (unpaired) electrons. The molecule has 0 fully saturated rings. The first-order valence-corrected chi connectivity index (χ1v) is 8.80. The van der Waals surface area contributed by atoms with Crippen LogP contribution in [0.15, 0.2) is 36.4 Å². The van der Waals surface area contributed by atoms with Gasteiger partial charge in [0.2, 0.25) is 0 Å². The van der Waals surface area contributed by atoms with E-state index in [1.165, 1.54) is 20.3 Å². The minimum absolute atomic E-state index is 0.0315. The quantitative estimate of drug-likeness (QED) is 0.409. The van der Waals surface area contributed by atoms with Gasteiger partial charge in [-0.05, 0) is 38.1 Å². The number of nitro groups is 1. The van der Waals surface area contributed by atoms with E-state index in [9.17, 15) is 19.7 Å². The lowest BCUT2D eigenvalue weighted by Gasteiger charge is -2.18. The summed E-state index contributed by atoms with van der Waals surface area (Å²) in [5, 5.41) is 14.0. The first-order valence-electron chi connectivity index (χ1n) is 8.80. The number of hydrogen-bond acceptors (Lipinski definition) is 7. The van der Waals surface area contributed by atoms with Gasteiger partial charge in [0.25, 0.3) is 11.6 Å². The van der Waals surface area contributed by atoms with Gasteiger partial charge in [-0.25, -0.2) is 4.79 Å². The van der Waals surface area contributed by atoms with Crippen molar-refractivity contribution in [2.75, 3.05) is 20.8 Å². The molecule has 9 nitrogen and oxygen atoms in total. The molecule has 0 aliphatic carbocycles. The fourth-order valence-electron chi connectivity index (χ4n) is 2.72. The van der Waals surface area contributed by atoms with Crippen molar-refractivity contribution in [3.05, 3.63) is 63.2 Å². The van der Waals surface area contributed by atoms with Crippen molar-refractivity contribution >= 4 is 17.6 Å². The fourth-order valence-corrected chi connectivity index (χ4v) is 2.72. The van der Waals surface area contributed by atoms with Crippen LogP contribution in [0.25, 0.3) is 0 Å². The summed E-state index contributed by atoms with van der Waals surface area (Å²) in [5.74, 6) is -0.198. The molecule has 0 spiro atoms. The number of methoxy groups -OCH3 is 2. The molecule has 0 saturated heterocycles. The summed E-state index contributed by atoms with van der Waals surface area (Å²) < 4.78 is 15.4. The maximum absolute atomic E-state index is 12.7. The number of benzene rings is 2. The number of amides is 1. The smallest absolute Gasteiger partial charge is 0.338 e. The van der Waals surface area contributed by atoms with Crippen LogP contribution in [0.4, 0.5) is 5.69 Å². The van der Waals surface area contributed by atoms with Crippen LogP contribution < -0.4 is 14.8 Å². The third-order valence-corrected chi connectivity index (χ3v) is 4.15. The van der Waals surface area contributed by atoms with Crippen LogP contribution >= 0.6 is 0 Å². The van der Waals surface area contributed by atoms with Crippen molar-refractivity contribution in [2.24, 2.45) is 0 Å². The lowest BCUT2D eigenvalue weighted by atomic mass is 10.0. The predicted octanol–water partition coefficient (Wildman–Crippen LogP) is 3.28. The summed E-state index contributed by atoms with van der Waals surface area (Å²) in [5.41, 5.74) is 0.178. The highest BCUT2D eigenvalue weighted by atomic mass is 16.6. The topological polar surface area (TPSA) is 117 Å². The Morgan fingerprint density at radius 3 is 2.38 bits per heavy atom. The number of rotatable bonds is 8. The Balaban J connectivity index is 2.34. The van der Waals surface area contributed by atoms with E-state index in [1.54, 1.807) is 32.0 Å². The standard InChI is InChI=1S/C20H22N2O7/c1-5-29-20(24)14-8-13(9-15(10-14)22(25)26)19(23)21-12(2)17-11-16(27-3)6-7-18(17)28-4/h6-12H,5H2,1-4H3,(H,21,23)/t12-/m1/s1. The van der Waals surface area contributed by atoms with Gasteiger partial charge in [0.15, 0.2) is 0 Å². The summed E-state index contributed by atoms with van der Waals surface area (Å²) in [4.78, 5) is 35.2. The molecule has 0 unspecified atom stereocenters. The summed E-state index contributed by atoms with van der Waals surface area (Å²) in [6, 6.07) is 8.10. The number of carbonyl (C=O) groups is 2. The predicted molar refractivity (Wildman–Crippen MR) is 104 cm³/mol. The highest BCUT2D eigenvalue weighted by Gasteiger charge is 2.21. The van der Waals surface area contributed by atoms with E-state index in [0.29, 0.717) is 17.1 Å². The Bertz CT molecular complexity index is 927. The van der Waals surface area contributed by atoms with Gasteiger partial charge in [0, 0.05) is 23.3 Å². The zero-order valence-corrected chi connectivity index (χ0v) is 16.6. The molecule has 1 atom stereocenters. The molecule has 1 amide bonds. The SMILES string of the molecule is CCOC(=O)c1cc(C(=O)N[C@H](C)c2cc(OC)ccc2OC)cc([N+](=O)[O-])c1. The minimum atomic E-state index is -0.743. The van der Waals surface area contributed by atoms with Crippen molar-refractivity contribution in [3.8, 4) is 11.5 Å². The largest absolute Gasteiger partial charge is 0.497 e. The van der Waals surface area contributed by atoms with Gasteiger partial charge in [0.1, 0.15) is 11.5 Å². The molecule has 0 aliphatic heterocycles. The van der Waals surface area contributed by atoms with Crippen LogP contribution in [0.2, 0.25) is 0 Å². The highest BCUT2D eigenvalue weighted by molar-refractivity contribution is 5.99. The van der Waals surface area contributed by atoms with Gasteiger partial charge in [-0.15, -0.1) is 0 Å². The molecule has 2 rings (SSSR count). The van der Waals surface area contributed by atoms with Crippen LogP contribution in [-0.2, 0) is 4.74 Å². The molecule has 0 aliphatic rings. The molecule has 0 saturated carbocycles. The Morgan fingerprint density at radius 2 is 1.79 bits per heavy atom. The van der Waals surface area contributed by atoms with Gasteiger partial charge in [-0.3, -0.25) is 14.9 Å². The second-order valence-electron chi connectivity index (χ2n) is 6.05. The molecule has 0 heterocycles. The van der Waals surface area contributed by atoms with E-state index < -0.39 is 22.8 Å². The number of nitrogens with zero attached hydrogens (tertiary/aromatic N) is 1. The zero-order valence-electron chi connectivity index (χ0n) is 16.6. The minimum Gasteiger partial charge on any atom is -0.497 e. The van der Waals surface area contributed by atoms with Crippen molar-refractivity contribution in [2.45, 2.75) is 19.9 Å². The number of ether oxygens (including phenoxy) is 3. The first-order chi connectivity index (χ1) is 13.8. The van der Waals surface area contributed by atoms with Gasteiger partial charge >= 0.3 is 5.97 Å². The van der Waals surface area contributed by atoms with Crippen LogP contribution in [0.5, 0.6) is 11.5 Å². The van der Waals surface area contributed by atoms with Crippen molar-refractivity contribution in [1.29, 1.82) is 0 Å². The van der Waals surface area contributed by atoms with Crippen LogP contribution in [0.3, 0.4) is 0 Å². The third kappa shape index (κ3) is 5.22.